The molecule has 0 aromatic heterocycles. The zero-order chi connectivity index (χ0) is 26.4. The van der Waals surface area contributed by atoms with E-state index in [0.717, 1.165) is 5.56 Å². The summed E-state index contributed by atoms with van der Waals surface area (Å²) < 4.78 is 36.1. The Labute approximate surface area is 208 Å². The number of aliphatic hydroxyl groups excluding tert-OH is 1. The van der Waals surface area contributed by atoms with Crippen LogP contribution in [-0.2, 0) is 35.0 Å². The maximum Gasteiger partial charge on any atom is 0.303 e. The summed E-state index contributed by atoms with van der Waals surface area (Å²) >= 11 is 0. The highest BCUT2D eigenvalue weighted by Crippen LogP contribution is 2.32. The molecule has 0 radical (unpaired) electrons. The normalized spacial score (nSPS) is 23.4. The number of esters is 2. The molecule has 194 valence electrons. The molecule has 0 spiro atoms. The number of carbonyl (C=O) groups excluding carboxylic acids is 3. The molecule has 1 heterocycles. The third kappa shape index (κ3) is 7.02. The number of aliphatic hydroxyl groups is 1. The summed E-state index contributed by atoms with van der Waals surface area (Å²) in [4.78, 5) is 34.4. The molecule has 0 aliphatic carbocycles. The molecule has 3 rings (SSSR count). The van der Waals surface area contributed by atoms with Crippen LogP contribution in [0.4, 0.5) is 4.39 Å². The maximum absolute atomic E-state index is 14.0. The van der Waals surface area contributed by atoms with Gasteiger partial charge >= 0.3 is 11.9 Å². The number of carbonyl (C=O) groups is 3. The molecule has 0 saturated carbocycles. The first-order valence-electron chi connectivity index (χ1n) is 11.5. The molecule has 1 aliphatic rings. The van der Waals surface area contributed by atoms with Crippen molar-refractivity contribution in [3.8, 4) is 16.9 Å². The minimum absolute atomic E-state index is 0.158. The van der Waals surface area contributed by atoms with Crippen LogP contribution in [0.3, 0.4) is 0 Å². The van der Waals surface area contributed by atoms with Crippen LogP contribution in [0.15, 0.2) is 42.5 Å². The van der Waals surface area contributed by atoms with Gasteiger partial charge in [0, 0.05) is 27.3 Å². The molecule has 1 unspecified atom stereocenters. The van der Waals surface area contributed by atoms with Crippen LogP contribution in [0.1, 0.15) is 33.3 Å². The van der Waals surface area contributed by atoms with Gasteiger partial charge in [0.2, 0.25) is 12.2 Å². The lowest BCUT2D eigenvalue weighted by Gasteiger charge is -2.42. The van der Waals surface area contributed by atoms with Gasteiger partial charge in [-0.2, -0.15) is 0 Å². The van der Waals surface area contributed by atoms with E-state index in [1.54, 1.807) is 37.3 Å². The first-order valence-corrected chi connectivity index (χ1v) is 11.5. The van der Waals surface area contributed by atoms with Gasteiger partial charge in [0.25, 0.3) is 0 Å². The number of hydrogen-bond donors (Lipinski definition) is 2. The van der Waals surface area contributed by atoms with Gasteiger partial charge in [0.15, 0.2) is 18.3 Å². The Morgan fingerprint density at radius 1 is 1.03 bits per heavy atom. The van der Waals surface area contributed by atoms with Crippen molar-refractivity contribution < 1.29 is 42.8 Å². The third-order valence-electron chi connectivity index (χ3n) is 5.59. The maximum atomic E-state index is 14.0. The molecular formula is C26H30FNO8. The number of benzene rings is 2. The number of hydrogen-bond acceptors (Lipinski definition) is 8. The highest BCUT2D eigenvalue weighted by atomic mass is 19.1. The summed E-state index contributed by atoms with van der Waals surface area (Å²) in [6, 6.07) is 11.2. The molecule has 1 saturated heterocycles. The summed E-state index contributed by atoms with van der Waals surface area (Å²) in [5, 5.41) is 13.6. The molecule has 9 nitrogen and oxygen atoms in total. The van der Waals surface area contributed by atoms with E-state index in [2.05, 4.69) is 5.32 Å². The van der Waals surface area contributed by atoms with Gasteiger partial charge in [-0.25, -0.2) is 4.39 Å². The Morgan fingerprint density at radius 3 is 2.36 bits per heavy atom. The van der Waals surface area contributed by atoms with Crippen molar-refractivity contribution >= 4 is 17.8 Å². The predicted molar refractivity (Wildman–Crippen MR) is 126 cm³/mol. The molecule has 5 atom stereocenters. The van der Waals surface area contributed by atoms with E-state index in [0.29, 0.717) is 29.8 Å². The molecule has 2 aromatic rings. The fourth-order valence-corrected chi connectivity index (χ4v) is 4.05. The van der Waals surface area contributed by atoms with Crippen LogP contribution in [0.2, 0.25) is 0 Å². The second-order valence-corrected chi connectivity index (χ2v) is 8.53. The summed E-state index contributed by atoms with van der Waals surface area (Å²) in [6.45, 7) is 5.81. The van der Waals surface area contributed by atoms with E-state index in [4.69, 9.17) is 18.9 Å². The van der Waals surface area contributed by atoms with Crippen molar-refractivity contribution in [2.45, 2.75) is 64.8 Å². The van der Waals surface area contributed by atoms with E-state index in [-0.39, 0.29) is 5.91 Å². The van der Waals surface area contributed by atoms with Crippen molar-refractivity contribution in [2.24, 2.45) is 0 Å². The van der Waals surface area contributed by atoms with E-state index in [9.17, 15) is 23.9 Å². The molecule has 2 N–H and O–H groups in total. The number of rotatable bonds is 8. The van der Waals surface area contributed by atoms with Crippen LogP contribution in [0.5, 0.6) is 5.75 Å². The highest BCUT2D eigenvalue weighted by Gasteiger charge is 2.48. The van der Waals surface area contributed by atoms with E-state index >= 15 is 0 Å². The van der Waals surface area contributed by atoms with Gasteiger partial charge < -0.3 is 29.4 Å². The Balaban J connectivity index is 1.88. The monoisotopic (exact) mass is 503 g/mol. The molecular weight excluding hydrogens is 473 g/mol. The lowest BCUT2D eigenvalue weighted by Crippen LogP contribution is -2.60. The van der Waals surface area contributed by atoms with Crippen LogP contribution in [-0.4, -0.2) is 60.2 Å². The standard InChI is InChI=1S/C26H30FNO8/c1-14-24(34-16(3)30)25(35-17(4)31)23(32)26(33-14)36-21-9-8-18(10-11-28-15(2)29)22(13-21)19-6-5-7-20(27)12-19/h5-9,12-14,23-26,32H,10-11H2,1-4H3,(H,28,29)/t14-,23-,24+,25-,26?/m1/s1. The Hall–Kier alpha value is -3.50. The summed E-state index contributed by atoms with van der Waals surface area (Å²) in [7, 11) is 0. The first kappa shape index (κ1) is 27.1. The van der Waals surface area contributed by atoms with Crippen LogP contribution in [0.25, 0.3) is 11.1 Å². The van der Waals surface area contributed by atoms with Crippen molar-refractivity contribution in [3.63, 3.8) is 0 Å². The van der Waals surface area contributed by atoms with Crippen LogP contribution >= 0.6 is 0 Å². The highest BCUT2D eigenvalue weighted by molar-refractivity contribution is 5.73. The molecule has 2 aromatic carbocycles. The van der Waals surface area contributed by atoms with Crippen LogP contribution < -0.4 is 10.1 Å². The minimum atomic E-state index is -1.47. The van der Waals surface area contributed by atoms with Gasteiger partial charge in [-0.3, -0.25) is 14.4 Å². The second kappa shape index (κ2) is 12.0. The molecule has 1 amide bonds. The minimum Gasteiger partial charge on any atom is -0.462 e. The zero-order valence-corrected chi connectivity index (χ0v) is 20.5. The van der Waals surface area contributed by atoms with Crippen molar-refractivity contribution in [2.75, 3.05) is 6.54 Å². The van der Waals surface area contributed by atoms with Gasteiger partial charge in [0.05, 0.1) is 6.10 Å². The second-order valence-electron chi connectivity index (χ2n) is 8.53. The van der Waals surface area contributed by atoms with Crippen molar-refractivity contribution in [1.29, 1.82) is 0 Å². The number of nitrogens with one attached hydrogen (secondary N) is 1. The van der Waals surface area contributed by atoms with E-state index in [1.807, 2.05) is 0 Å². The largest absolute Gasteiger partial charge is 0.462 e. The summed E-state index contributed by atoms with van der Waals surface area (Å²) in [6.07, 6.45) is -5.22. The third-order valence-corrected chi connectivity index (χ3v) is 5.59. The van der Waals surface area contributed by atoms with Crippen LogP contribution in [0, 0.1) is 5.82 Å². The summed E-state index contributed by atoms with van der Waals surface area (Å²) in [5.74, 6) is -1.54. The Kier molecular flexibility index (Phi) is 9.00. The van der Waals surface area contributed by atoms with E-state index < -0.39 is 48.5 Å². The fraction of sp³-hybridized carbons (Fsp3) is 0.423. The van der Waals surface area contributed by atoms with Gasteiger partial charge in [-0.05, 0) is 54.3 Å². The number of ether oxygens (including phenoxy) is 4. The molecule has 1 aliphatic heterocycles. The number of halogens is 1. The zero-order valence-electron chi connectivity index (χ0n) is 20.5. The fourth-order valence-electron chi connectivity index (χ4n) is 4.05. The quantitative estimate of drug-likeness (QED) is 0.528. The molecule has 1 fully saturated rings. The molecule has 0 bridgehead atoms. The van der Waals surface area contributed by atoms with Gasteiger partial charge in [-0.15, -0.1) is 0 Å². The topological polar surface area (TPSA) is 120 Å². The molecule has 10 heteroatoms. The van der Waals surface area contributed by atoms with Crippen molar-refractivity contribution in [3.05, 3.63) is 53.8 Å². The predicted octanol–water partition coefficient (Wildman–Crippen LogP) is 2.52. The summed E-state index contributed by atoms with van der Waals surface area (Å²) in [5.41, 5.74) is 2.11. The Bertz CT molecular complexity index is 1110. The van der Waals surface area contributed by atoms with Crippen molar-refractivity contribution in [1.82, 2.24) is 5.32 Å². The Morgan fingerprint density at radius 2 is 1.72 bits per heavy atom. The lowest BCUT2D eigenvalue weighted by molar-refractivity contribution is -0.276. The van der Waals surface area contributed by atoms with Gasteiger partial charge in [-0.1, -0.05) is 18.2 Å². The SMILES string of the molecule is CC(=O)NCCc1ccc(OC2O[C@H](C)[C@H](OC(C)=O)[C@H](OC(C)=O)[C@H]2O)cc1-c1cccc(F)c1. The lowest BCUT2D eigenvalue weighted by atomic mass is 9.97. The average Bonchev–Trinajstić information content (AvgIpc) is 2.79. The van der Waals surface area contributed by atoms with Gasteiger partial charge in [0.1, 0.15) is 11.6 Å². The number of amides is 1. The molecule has 36 heavy (non-hydrogen) atoms. The van der Waals surface area contributed by atoms with E-state index in [1.165, 1.54) is 32.9 Å². The first-order chi connectivity index (χ1) is 17.0. The average molecular weight is 504 g/mol. The smallest absolute Gasteiger partial charge is 0.303 e.